The van der Waals surface area contributed by atoms with Crippen molar-refractivity contribution in [1.82, 2.24) is 0 Å². The van der Waals surface area contributed by atoms with Crippen molar-refractivity contribution < 1.29 is 13.2 Å². The van der Waals surface area contributed by atoms with Gasteiger partial charge in [-0.3, -0.25) is 0 Å². The molecule has 0 radical (unpaired) electrons. The molecule has 0 aromatic heterocycles. The first kappa shape index (κ1) is 10.6. The molecule has 0 aliphatic rings. The van der Waals surface area contributed by atoms with E-state index in [1.165, 1.54) is 12.1 Å². The maximum atomic E-state index is 12.5. The summed E-state index contributed by atoms with van der Waals surface area (Å²) < 4.78 is 37.4. The molecule has 74 valence electrons. The Morgan fingerprint density at radius 1 is 1.21 bits per heavy atom. The fourth-order valence-electron chi connectivity index (χ4n) is 1.16. The minimum Gasteiger partial charge on any atom is -0.166 e. The number of benzene rings is 1. The molecule has 0 saturated heterocycles. The van der Waals surface area contributed by atoms with Crippen LogP contribution < -0.4 is 10.4 Å². The number of hydrogen-bond donors (Lipinski definition) is 0. The lowest BCUT2D eigenvalue weighted by Crippen LogP contribution is -2.29. The Labute approximate surface area is 79.7 Å². The van der Waals surface area contributed by atoms with E-state index in [9.17, 15) is 13.2 Å². The van der Waals surface area contributed by atoms with E-state index < -0.39 is 11.7 Å². The van der Waals surface area contributed by atoms with Gasteiger partial charge in [0.1, 0.15) is 0 Å². The molecule has 0 nitrogen and oxygen atoms in total. The molecule has 1 aromatic carbocycles. The van der Waals surface area contributed by atoms with E-state index in [0.717, 1.165) is 6.08 Å². The Kier molecular flexibility index (Phi) is 2.79. The second-order valence-corrected chi connectivity index (χ2v) is 2.77. The molecule has 0 unspecified atom stereocenters. The molecule has 0 heterocycles. The van der Waals surface area contributed by atoms with Gasteiger partial charge in [-0.05, 0) is 10.4 Å². The van der Waals surface area contributed by atoms with Crippen LogP contribution in [-0.2, 0) is 0 Å². The molecule has 0 spiro atoms. The minimum absolute atomic E-state index is 0.0787. The molecule has 0 aliphatic carbocycles. The van der Waals surface area contributed by atoms with Crippen LogP contribution in [0.1, 0.15) is 0 Å². The Balaban J connectivity index is 3.64. The zero-order valence-electron chi connectivity index (χ0n) is 7.43. The summed E-state index contributed by atoms with van der Waals surface area (Å²) in [5, 5.41) is 0.426. The molecule has 0 fully saturated rings. The van der Waals surface area contributed by atoms with Gasteiger partial charge in [0.15, 0.2) is 0 Å². The van der Waals surface area contributed by atoms with Gasteiger partial charge < -0.3 is 0 Å². The molecular weight excluding hydrogens is 189 g/mol. The predicted molar refractivity (Wildman–Crippen MR) is 50.9 cm³/mol. The highest BCUT2D eigenvalue weighted by Crippen LogP contribution is 2.25. The van der Waals surface area contributed by atoms with Gasteiger partial charge in [-0.25, -0.2) is 0 Å². The van der Waals surface area contributed by atoms with Crippen LogP contribution in [0, 0.1) is 0 Å². The van der Waals surface area contributed by atoms with Crippen LogP contribution in [0.2, 0.25) is 0 Å². The van der Waals surface area contributed by atoms with Crippen molar-refractivity contribution in [3.8, 4) is 0 Å². The van der Waals surface area contributed by atoms with E-state index >= 15 is 0 Å². The van der Waals surface area contributed by atoms with Crippen LogP contribution in [0.5, 0.6) is 0 Å². The van der Waals surface area contributed by atoms with Crippen molar-refractivity contribution in [2.45, 2.75) is 6.18 Å². The summed E-state index contributed by atoms with van der Waals surface area (Å²) in [6, 6.07) is 6.10. The Morgan fingerprint density at radius 3 is 2.21 bits per heavy atom. The van der Waals surface area contributed by atoms with Crippen molar-refractivity contribution in [3.05, 3.63) is 47.4 Å². The van der Waals surface area contributed by atoms with Crippen LogP contribution in [-0.4, -0.2) is 6.18 Å². The highest BCUT2D eigenvalue weighted by molar-refractivity contribution is 5.60. The largest absolute Gasteiger partial charge is 0.416 e. The molecule has 0 atom stereocenters. The molecule has 0 saturated carbocycles. The summed E-state index contributed by atoms with van der Waals surface area (Å²) in [7, 11) is 0. The third kappa shape index (κ3) is 2.05. The van der Waals surface area contributed by atoms with Crippen LogP contribution >= 0.6 is 0 Å². The lowest BCUT2D eigenvalue weighted by Gasteiger charge is -2.06. The van der Waals surface area contributed by atoms with E-state index in [1.54, 1.807) is 12.1 Å². The van der Waals surface area contributed by atoms with Crippen LogP contribution in [0.15, 0.2) is 36.9 Å². The molecule has 14 heavy (non-hydrogen) atoms. The quantitative estimate of drug-likeness (QED) is 0.647. The maximum Gasteiger partial charge on any atom is 0.416 e. The SMILES string of the molecule is C=C/C(=c1/ccccc1=C)C(F)(F)F. The lowest BCUT2D eigenvalue weighted by molar-refractivity contribution is -0.0689. The van der Waals surface area contributed by atoms with Crippen molar-refractivity contribution >= 4 is 12.2 Å². The first-order valence-electron chi connectivity index (χ1n) is 3.94. The van der Waals surface area contributed by atoms with Crippen LogP contribution in [0.4, 0.5) is 13.2 Å². The minimum atomic E-state index is -4.38. The number of halogens is 3. The molecule has 1 rings (SSSR count). The third-order valence-electron chi connectivity index (χ3n) is 1.82. The summed E-state index contributed by atoms with van der Waals surface area (Å²) in [6.45, 7) is 6.69. The Morgan fingerprint density at radius 2 is 1.79 bits per heavy atom. The lowest BCUT2D eigenvalue weighted by atomic mass is 10.1. The second kappa shape index (κ2) is 3.70. The number of hydrogen-bond acceptors (Lipinski definition) is 0. The fourth-order valence-corrected chi connectivity index (χ4v) is 1.16. The smallest absolute Gasteiger partial charge is 0.166 e. The van der Waals surface area contributed by atoms with Gasteiger partial charge in [0.05, 0.1) is 5.57 Å². The average Bonchev–Trinajstić information content (AvgIpc) is 2.07. The van der Waals surface area contributed by atoms with Gasteiger partial charge in [0.2, 0.25) is 0 Å². The van der Waals surface area contributed by atoms with Crippen molar-refractivity contribution in [1.29, 1.82) is 0 Å². The molecule has 1 aromatic rings. The summed E-state index contributed by atoms with van der Waals surface area (Å²) in [5.74, 6) is 0. The van der Waals surface area contributed by atoms with Crippen LogP contribution in [0.3, 0.4) is 0 Å². The second-order valence-electron chi connectivity index (χ2n) is 2.77. The molecule has 0 amide bonds. The van der Waals surface area contributed by atoms with Gasteiger partial charge in [0.25, 0.3) is 0 Å². The van der Waals surface area contributed by atoms with E-state index in [0.29, 0.717) is 5.22 Å². The molecule has 3 heteroatoms. The van der Waals surface area contributed by atoms with E-state index in [1.807, 2.05) is 0 Å². The number of allylic oxidation sites excluding steroid dienone is 1. The van der Waals surface area contributed by atoms with Gasteiger partial charge in [0, 0.05) is 0 Å². The number of rotatable bonds is 1. The fraction of sp³-hybridized carbons (Fsp3) is 0.0909. The third-order valence-corrected chi connectivity index (χ3v) is 1.82. The highest BCUT2D eigenvalue weighted by atomic mass is 19.4. The Bertz CT molecular complexity index is 440. The molecule has 0 bridgehead atoms. The van der Waals surface area contributed by atoms with Crippen LogP contribution in [0.25, 0.3) is 12.2 Å². The van der Waals surface area contributed by atoms with Gasteiger partial charge in [-0.15, -0.1) is 0 Å². The summed E-state index contributed by atoms with van der Waals surface area (Å²) in [5.41, 5.74) is -0.747. The van der Waals surface area contributed by atoms with E-state index in [2.05, 4.69) is 13.2 Å². The average molecular weight is 198 g/mol. The topological polar surface area (TPSA) is 0 Å². The molecule has 0 aliphatic heterocycles. The summed E-state index contributed by atoms with van der Waals surface area (Å²) in [4.78, 5) is 0. The maximum absolute atomic E-state index is 12.5. The van der Waals surface area contributed by atoms with E-state index in [4.69, 9.17) is 0 Å². The Hall–Kier alpha value is -1.51. The van der Waals surface area contributed by atoms with Crippen molar-refractivity contribution in [3.63, 3.8) is 0 Å². The zero-order chi connectivity index (χ0) is 10.8. The van der Waals surface area contributed by atoms with Gasteiger partial charge in [-0.1, -0.05) is 43.5 Å². The highest BCUT2D eigenvalue weighted by Gasteiger charge is 2.31. The predicted octanol–water partition coefficient (Wildman–Crippen LogP) is 2.00. The standard InChI is InChI=1S/C11H9F3/c1-3-10(11(12,13)14)9-7-5-4-6-8(9)2/h3-7H,1-2H2/b10-9+. The monoisotopic (exact) mass is 198 g/mol. The normalized spacial score (nSPS) is 13.6. The first-order chi connectivity index (χ1) is 6.46. The molecule has 0 N–H and O–H groups in total. The number of alkyl halides is 3. The summed E-state index contributed by atoms with van der Waals surface area (Å²) >= 11 is 0. The van der Waals surface area contributed by atoms with Crippen molar-refractivity contribution in [2.24, 2.45) is 0 Å². The van der Waals surface area contributed by atoms with E-state index in [-0.39, 0.29) is 5.22 Å². The van der Waals surface area contributed by atoms with Gasteiger partial charge >= 0.3 is 6.18 Å². The van der Waals surface area contributed by atoms with Gasteiger partial charge in [-0.2, -0.15) is 13.2 Å². The van der Waals surface area contributed by atoms with Crippen molar-refractivity contribution in [2.75, 3.05) is 0 Å². The summed E-state index contributed by atoms with van der Waals surface area (Å²) in [6.07, 6.45) is -3.57. The first-order valence-corrected chi connectivity index (χ1v) is 3.94. The zero-order valence-corrected chi connectivity index (χ0v) is 7.43. The molecular formula is C11H9F3.